The summed E-state index contributed by atoms with van der Waals surface area (Å²) in [6.07, 6.45) is 0.797. The number of rotatable bonds is 6. The van der Waals surface area contributed by atoms with Gasteiger partial charge in [-0.25, -0.2) is 5.48 Å². The number of hydrogen-bond donors (Lipinski definition) is 3. The Morgan fingerprint density at radius 3 is 2.00 bits per heavy atom. The summed E-state index contributed by atoms with van der Waals surface area (Å²) in [6.45, 7) is 1.96. The zero-order valence-electron chi connectivity index (χ0n) is 13.1. The molecule has 10 nitrogen and oxygen atoms in total. The zero-order valence-corrected chi connectivity index (χ0v) is 13.1. The first-order chi connectivity index (χ1) is 11.9. The van der Waals surface area contributed by atoms with Gasteiger partial charge in [0.05, 0.1) is 15.4 Å². The molecule has 0 saturated heterocycles. The van der Waals surface area contributed by atoms with Crippen LogP contribution in [0.4, 0.5) is 22.7 Å². The first-order valence-corrected chi connectivity index (χ1v) is 7.14. The molecule has 0 aliphatic carbocycles. The molecule has 25 heavy (non-hydrogen) atoms. The number of hydrogen-bond acceptors (Lipinski definition) is 7. The number of nitro benzene ring substituents is 2. The molecule has 3 N–H and O–H groups in total. The lowest BCUT2D eigenvalue weighted by Crippen LogP contribution is -2.19. The van der Waals surface area contributed by atoms with Crippen molar-refractivity contribution in [1.29, 1.82) is 0 Å². The van der Waals surface area contributed by atoms with Gasteiger partial charge < -0.3 is 5.32 Å². The number of hydroxylamine groups is 1. The van der Waals surface area contributed by atoms with Crippen molar-refractivity contribution in [3.63, 3.8) is 0 Å². The number of nitrogens with one attached hydrogen (secondary N) is 2. The van der Waals surface area contributed by atoms with Crippen LogP contribution in [0.15, 0.2) is 36.4 Å². The van der Waals surface area contributed by atoms with Crippen LogP contribution in [-0.2, 0) is 6.42 Å². The topological polar surface area (TPSA) is 148 Å². The normalized spacial score (nSPS) is 10.2. The molecule has 0 atom stereocenters. The molecule has 1 amide bonds. The van der Waals surface area contributed by atoms with Crippen molar-refractivity contribution in [1.82, 2.24) is 5.48 Å². The lowest BCUT2D eigenvalue weighted by molar-refractivity contribution is -0.392. The minimum absolute atomic E-state index is 0.353. The Hall–Kier alpha value is -3.53. The average Bonchev–Trinajstić information content (AvgIpc) is 2.61. The Bertz CT molecular complexity index is 799. The second kappa shape index (κ2) is 7.36. The molecule has 0 radical (unpaired) electrons. The second-order valence-electron chi connectivity index (χ2n) is 5.02. The highest BCUT2D eigenvalue weighted by molar-refractivity contribution is 5.97. The number of amides is 1. The van der Waals surface area contributed by atoms with Crippen molar-refractivity contribution >= 4 is 28.7 Å². The number of carbonyl (C=O) groups excluding carboxylic acids is 1. The summed E-state index contributed by atoms with van der Waals surface area (Å²) in [5.41, 5.74) is 0.660. The summed E-state index contributed by atoms with van der Waals surface area (Å²) in [5, 5.41) is 33.9. The summed E-state index contributed by atoms with van der Waals surface area (Å²) in [6, 6.07) is 8.55. The fourth-order valence-electron chi connectivity index (χ4n) is 2.19. The minimum atomic E-state index is -1.09. The van der Waals surface area contributed by atoms with Crippen LogP contribution in [0.3, 0.4) is 0 Å². The second-order valence-corrected chi connectivity index (χ2v) is 5.02. The molecular formula is C15H14N4O6. The Kier molecular flexibility index (Phi) is 5.25. The van der Waals surface area contributed by atoms with E-state index in [1.54, 1.807) is 24.3 Å². The summed E-state index contributed by atoms with van der Waals surface area (Å²) in [4.78, 5) is 32.4. The number of aryl methyl sites for hydroxylation is 1. The van der Waals surface area contributed by atoms with E-state index in [0.29, 0.717) is 5.69 Å². The third kappa shape index (κ3) is 3.87. The van der Waals surface area contributed by atoms with Crippen LogP contribution >= 0.6 is 0 Å². The Balaban J connectivity index is 2.58. The molecule has 0 unspecified atom stereocenters. The zero-order chi connectivity index (χ0) is 18.6. The molecule has 0 saturated carbocycles. The molecular weight excluding hydrogens is 332 g/mol. The van der Waals surface area contributed by atoms with Gasteiger partial charge in [0.15, 0.2) is 5.69 Å². The van der Waals surface area contributed by atoms with E-state index >= 15 is 0 Å². The lowest BCUT2D eigenvalue weighted by atomic mass is 10.1. The highest BCUT2D eigenvalue weighted by Gasteiger charge is 2.28. The maximum atomic E-state index is 11.5. The van der Waals surface area contributed by atoms with Crippen molar-refractivity contribution in [3.05, 3.63) is 67.8 Å². The number of nitro groups is 2. The van der Waals surface area contributed by atoms with Gasteiger partial charge in [0.2, 0.25) is 0 Å². The van der Waals surface area contributed by atoms with E-state index in [1.807, 2.05) is 6.92 Å². The smallest absolute Gasteiger partial charge is 0.300 e. The van der Waals surface area contributed by atoms with E-state index in [4.69, 9.17) is 5.21 Å². The van der Waals surface area contributed by atoms with Crippen LogP contribution in [0, 0.1) is 20.2 Å². The number of benzene rings is 2. The van der Waals surface area contributed by atoms with Crippen LogP contribution in [0.5, 0.6) is 0 Å². The van der Waals surface area contributed by atoms with E-state index in [2.05, 4.69) is 5.32 Å². The molecule has 0 fully saturated rings. The van der Waals surface area contributed by atoms with Crippen LogP contribution in [0.25, 0.3) is 0 Å². The standard InChI is InChI=1S/C15H14N4O6/c1-2-9-3-5-11(6-4-9)16-14-12(18(22)23)7-10(15(20)17-21)8-13(14)19(24)25/h3-8,16,21H,2H2,1H3,(H,17,20). The van der Waals surface area contributed by atoms with Crippen molar-refractivity contribution in [2.24, 2.45) is 0 Å². The summed E-state index contributed by atoms with van der Waals surface area (Å²) >= 11 is 0. The van der Waals surface area contributed by atoms with E-state index in [1.165, 1.54) is 5.48 Å². The molecule has 2 aromatic rings. The highest BCUT2D eigenvalue weighted by atomic mass is 16.6. The molecule has 0 heterocycles. The number of carbonyl (C=O) groups is 1. The van der Waals surface area contributed by atoms with Gasteiger partial charge in [0.25, 0.3) is 5.91 Å². The fraction of sp³-hybridized carbons (Fsp3) is 0.133. The van der Waals surface area contributed by atoms with Crippen molar-refractivity contribution in [2.75, 3.05) is 5.32 Å². The van der Waals surface area contributed by atoms with Gasteiger partial charge in [0, 0.05) is 17.8 Å². The van der Waals surface area contributed by atoms with Crippen molar-refractivity contribution in [3.8, 4) is 0 Å². The van der Waals surface area contributed by atoms with E-state index in [0.717, 1.165) is 24.1 Å². The molecule has 2 aromatic carbocycles. The Morgan fingerprint density at radius 1 is 1.08 bits per heavy atom. The maximum Gasteiger partial charge on any atom is 0.300 e. The van der Waals surface area contributed by atoms with Gasteiger partial charge in [0.1, 0.15) is 0 Å². The van der Waals surface area contributed by atoms with Gasteiger partial charge >= 0.3 is 11.4 Å². The van der Waals surface area contributed by atoms with Crippen LogP contribution in [0.1, 0.15) is 22.8 Å². The van der Waals surface area contributed by atoms with Crippen LogP contribution in [-0.4, -0.2) is 21.0 Å². The number of anilines is 2. The SMILES string of the molecule is CCc1ccc(Nc2c([N+](=O)[O-])cc(C(=O)NO)cc2[N+](=O)[O-])cc1. The van der Waals surface area contributed by atoms with E-state index < -0.39 is 32.7 Å². The lowest BCUT2D eigenvalue weighted by Gasteiger charge is -2.10. The van der Waals surface area contributed by atoms with Gasteiger partial charge in [-0.1, -0.05) is 19.1 Å². The third-order valence-corrected chi connectivity index (χ3v) is 3.49. The largest absolute Gasteiger partial charge is 0.344 e. The molecule has 130 valence electrons. The van der Waals surface area contributed by atoms with Gasteiger partial charge in [-0.05, 0) is 24.1 Å². The third-order valence-electron chi connectivity index (χ3n) is 3.49. The van der Waals surface area contributed by atoms with Gasteiger partial charge in [-0.2, -0.15) is 0 Å². The monoisotopic (exact) mass is 346 g/mol. The summed E-state index contributed by atoms with van der Waals surface area (Å²) in [5.74, 6) is -1.09. The predicted molar refractivity (Wildman–Crippen MR) is 88.1 cm³/mol. The van der Waals surface area contributed by atoms with Crippen molar-refractivity contribution in [2.45, 2.75) is 13.3 Å². The average molecular weight is 346 g/mol. The fourth-order valence-corrected chi connectivity index (χ4v) is 2.19. The van der Waals surface area contributed by atoms with E-state index in [9.17, 15) is 25.0 Å². The molecule has 0 aliphatic heterocycles. The molecule has 0 aromatic heterocycles. The quantitative estimate of drug-likeness (QED) is 0.413. The first-order valence-electron chi connectivity index (χ1n) is 7.14. The minimum Gasteiger partial charge on any atom is -0.344 e. The molecule has 0 aliphatic rings. The maximum absolute atomic E-state index is 11.5. The number of nitrogens with zero attached hydrogens (tertiary/aromatic N) is 2. The van der Waals surface area contributed by atoms with Crippen molar-refractivity contribution < 1.29 is 19.8 Å². The Morgan fingerprint density at radius 2 is 1.60 bits per heavy atom. The molecule has 2 rings (SSSR count). The van der Waals surface area contributed by atoms with Crippen LogP contribution in [0.2, 0.25) is 0 Å². The van der Waals surface area contributed by atoms with E-state index in [-0.39, 0.29) is 5.69 Å². The summed E-state index contributed by atoms with van der Waals surface area (Å²) < 4.78 is 0. The Labute approximate surface area is 141 Å². The highest BCUT2D eigenvalue weighted by Crippen LogP contribution is 2.37. The molecule has 0 bridgehead atoms. The summed E-state index contributed by atoms with van der Waals surface area (Å²) in [7, 11) is 0. The molecule has 0 spiro atoms. The first kappa shape index (κ1) is 17.8. The molecule has 10 heteroatoms. The van der Waals surface area contributed by atoms with Gasteiger partial charge in [-0.15, -0.1) is 0 Å². The van der Waals surface area contributed by atoms with Gasteiger partial charge in [-0.3, -0.25) is 30.2 Å². The predicted octanol–water partition coefficient (Wildman–Crippen LogP) is 2.93. The van der Waals surface area contributed by atoms with Crippen LogP contribution < -0.4 is 10.8 Å².